The first kappa shape index (κ1) is 14.5. The van der Waals surface area contributed by atoms with E-state index in [1.165, 1.54) is 4.31 Å². The second kappa shape index (κ2) is 6.02. The molecule has 0 unspecified atom stereocenters. The van der Waals surface area contributed by atoms with Gasteiger partial charge >= 0.3 is 0 Å². The van der Waals surface area contributed by atoms with Crippen molar-refractivity contribution in [2.24, 2.45) is 0 Å². The fourth-order valence-corrected chi connectivity index (χ4v) is 3.23. The van der Waals surface area contributed by atoms with E-state index in [1.54, 1.807) is 31.3 Å². The molecule has 2 aromatic rings. The molecule has 2 rings (SSSR count). The quantitative estimate of drug-likeness (QED) is 0.757. The molecule has 5 heteroatoms. The lowest BCUT2D eigenvalue weighted by Gasteiger charge is -2.17. The van der Waals surface area contributed by atoms with E-state index in [4.69, 9.17) is 0 Å². The first-order valence-corrected chi connectivity index (χ1v) is 8.28. The summed E-state index contributed by atoms with van der Waals surface area (Å²) in [6, 6.07) is 16.4. The Morgan fingerprint density at radius 3 is 2.16 bits per heavy atom. The average Bonchev–Trinajstić information content (AvgIpc) is 2.40. The van der Waals surface area contributed by atoms with Crippen LogP contribution in [0.15, 0.2) is 59.5 Å². The van der Waals surface area contributed by atoms with Crippen LogP contribution in [0.5, 0.6) is 0 Å². The first-order valence-electron chi connectivity index (χ1n) is 5.76. The van der Waals surface area contributed by atoms with Crippen molar-refractivity contribution in [3.05, 3.63) is 63.7 Å². The smallest absolute Gasteiger partial charge is 0.207 e. The van der Waals surface area contributed by atoms with Crippen LogP contribution in [0.25, 0.3) is 0 Å². The summed E-state index contributed by atoms with van der Waals surface area (Å²) in [5.41, 5.74) is 0.971. The lowest BCUT2D eigenvalue weighted by Crippen LogP contribution is -2.26. The zero-order valence-electron chi connectivity index (χ0n) is 10.5. The summed E-state index contributed by atoms with van der Waals surface area (Å²) in [4.78, 5) is 0.325. The number of rotatable bonds is 4. The zero-order chi connectivity index (χ0) is 13.9. The van der Waals surface area contributed by atoms with Crippen LogP contribution in [-0.4, -0.2) is 19.8 Å². The molecule has 0 aliphatic carbocycles. The highest BCUT2D eigenvalue weighted by atomic mass is 127. The molecule has 0 aromatic heterocycles. The van der Waals surface area contributed by atoms with Crippen molar-refractivity contribution in [3.63, 3.8) is 0 Å². The molecule has 0 spiro atoms. The molecule has 0 aliphatic rings. The van der Waals surface area contributed by atoms with Gasteiger partial charge in [-0.25, -0.2) is 8.42 Å². The lowest BCUT2D eigenvalue weighted by molar-refractivity contribution is 0.466. The van der Waals surface area contributed by atoms with E-state index in [9.17, 15) is 8.42 Å². The number of nitrogens with zero attached hydrogens (tertiary/aromatic N) is 1. The Labute approximate surface area is 127 Å². The van der Waals surface area contributed by atoms with Gasteiger partial charge in [0.05, 0.1) is 4.90 Å². The highest BCUT2D eigenvalue weighted by Crippen LogP contribution is 2.17. The van der Waals surface area contributed by atoms with Crippen LogP contribution < -0.4 is 0 Å². The van der Waals surface area contributed by atoms with Gasteiger partial charge in [0.1, 0.15) is 0 Å². The van der Waals surface area contributed by atoms with Crippen LogP contribution in [0.1, 0.15) is 5.56 Å². The van der Waals surface area contributed by atoms with Gasteiger partial charge in [-0.15, -0.1) is 0 Å². The second-order valence-corrected chi connectivity index (χ2v) is 7.49. The van der Waals surface area contributed by atoms with Gasteiger partial charge < -0.3 is 0 Å². The minimum Gasteiger partial charge on any atom is -0.207 e. The molecular formula is C14H14INO2S. The second-order valence-electron chi connectivity index (χ2n) is 4.20. The van der Waals surface area contributed by atoms with Crippen LogP contribution >= 0.6 is 22.6 Å². The zero-order valence-corrected chi connectivity index (χ0v) is 13.4. The fourth-order valence-electron chi connectivity index (χ4n) is 1.71. The largest absolute Gasteiger partial charge is 0.243 e. The monoisotopic (exact) mass is 387 g/mol. The Morgan fingerprint density at radius 1 is 1.00 bits per heavy atom. The Kier molecular flexibility index (Phi) is 4.59. The average molecular weight is 387 g/mol. The Bertz CT molecular complexity index is 639. The molecule has 2 aromatic carbocycles. The third-order valence-electron chi connectivity index (χ3n) is 2.77. The molecule has 0 atom stereocenters. The van der Waals surface area contributed by atoms with Gasteiger partial charge in [-0.2, -0.15) is 4.31 Å². The Balaban J connectivity index is 2.22. The van der Waals surface area contributed by atoms with Gasteiger partial charge in [-0.05, 0) is 52.4 Å². The van der Waals surface area contributed by atoms with Crippen molar-refractivity contribution in [2.75, 3.05) is 7.05 Å². The fraction of sp³-hybridized carbons (Fsp3) is 0.143. The molecule has 19 heavy (non-hydrogen) atoms. The first-order chi connectivity index (χ1) is 9.00. The van der Waals surface area contributed by atoms with Crippen molar-refractivity contribution >= 4 is 32.6 Å². The summed E-state index contributed by atoms with van der Waals surface area (Å²) in [6.07, 6.45) is 0. The molecule has 0 radical (unpaired) electrons. The van der Waals surface area contributed by atoms with E-state index < -0.39 is 10.0 Å². The van der Waals surface area contributed by atoms with Gasteiger partial charge in [0.15, 0.2) is 0 Å². The van der Waals surface area contributed by atoms with E-state index in [0.29, 0.717) is 11.4 Å². The standard InChI is InChI=1S/C14H14INO2S/c1-16(11-12-5-3-2-4-6-12)19(17,18)14-9-7-13(15)8-10-14/h2-10H,11H2,1H3. The molecule has 0 N–H and O–H groups in total. The molecular weight excluding hydrogens is 373 g/mol. The van der Waals surface area contributed by atoms with E-state index in [1.807, 2.05) is 30.3 Å². The summed E-state index contributed by atoms with van der Waals surface area (Å²) in [5, 5.41) is 0. The van der Waals surface area contributed by atoms with Crippen LogP contribution in [0.3, 0.4) is 0 Å². The molecule has 0 saturated carbocycles. The highest BCUT2D eigenvalue weighted by Gasteiger charge is 2.20. The van der Waals surface area contributed by atoms with E-state index >= 15 is 0 Å². The molecule has 0 bridgehead atoms. The summed E-state index contributed by atoms with van der Waals surface area (Å²) in [5.74, 6) is 0. The third-order valence-corrected chi connectivity index (χ3v) is 5.31. The Hall–Kier alpha value is -0.920. The molecule has 0 aliphatic heterocycles. The normalized spacial score (nSPS) is 11.7. The molecule has 0 saturated heterocycles. The van der Waals surface area contributed by atoms with Crippen molar-refractivity contribution < 1.29 is 8.42 Å². The van der Waals surface area contributed by atoms with E-state index in [-0.39, 0.29) is 0 Å². The summed E-state index contributed by atoms with van der Waals surface area (Å²) in [7, 11) is -1.83. The van der Waals surface area contributed by atoms with Crippen LogP contribution in [0, 0.1) is 3.57 Å². The van der Waals surface area contributed by atoms with Gasteiger partial charge in [-0.3, -0.25) is 0 Å². The van der Waals surface area contributed by atoms with Crippen molar-refractivity contribution in [3.8, 4) is 0 Å². The third kappa shape index (κ3) is 3.55. The predicted octanol–water partition coefficient (Wildman–Crippen LogP) is 3.11. The van der Waals surface area contributed by atoms with E-state index in [2.05, 4.69) is 22.6 Å². The van der Waals surface area contributed by atoms with Crippen LogP contribution in [0.4, 0.5) is 0 Å². The predicted molar refractivity (Wildman–Crippen MR) is 84.3 cm³/mol. The number of halogens is 1. The van der Waals surface area contributed by atoms with Crippen molar-refractivity contribution in [1.29, 1.82) is 0 Å². The van der Waals surface area contributed by atoms with Gasteiger partial charge in [0.25, 0.3) is 0 Å². The number of benzene rings is 2. The topological polar surface area (TPSA) is 37.4 Å². The SMILES string of the molecule is CN(Cc1ccccc1)S(=O)(=O)c1ccc(I)cc1. The minimum absolute atomic E-state index is 0.325. The van der Waals surface area contributed by atoms with Crippen molar-refractivity contribution in [2.45, 2.75) is 11.4 Å². The van der Waals surface area contributed by atoms with Crippen molar-refractivity contribution in [1.82, 2.24) is 4.31 Å². The number of hydrogen-bond donors (Lipinski definition) is 0. The molecule has 3 nitrogen and oxygen atoms in total. The molecule has 0 heterocycles. The molecule has 0 fully saturated rings. The summed E-state index contributed by atoms with van der Waals surface area (Å²) < 4.78 is 27.1. The van der Waals surface area contributed by atoms with Gasteiger partial charge in [0, 0.05) is 17.2 Å². The van der Waals surface area contributed by atoms with Gasteiger partial charge in [0.2, 0.25) is 10.0 Å². The van der Waals surface area contributed by atoms with Crippen LogP contribution in [-0.2, 0) is 16.6 Å². The highest BCUT2D eigenvalue weighted by molar-refractivity contribution is 14.1. The maximum absolute atomic E-state index is 12.4. The van der Waals surface area contributed by atoms with Crippen LogP contribution in [0.2, 0.25) is 0 Å². The number of sulfonamides is 1. The summed E-state index contributed by atoms with van der Waals surface area (Å²) in [6.45, 7) is 0.370. The maximum atomic E-state index is 12.4. The Morgan fingerprint density at radius 2 is 1.58 bits per heavy atom. The molecule has 100 valence electrons. The molecule has 0 amide bonds. The maximum Gasteiger partial charge on any atom is 0.243 e. The number of hydrogen-bond acceptors (Lipinski definition) is 2. The lowest BCUT2D eigenvalue weighted by atomic mass is 10.2. The minimum atomic E-state index is -3.42. The van der Waals surface area contributed by atoms with Gasteiger partial charge in [-0.1, -0.05) is 30.3 Å². The summed E-state index contributed by atoms with van der Waals surface area (Å²) >= 11 is 2.15. The van der Waals surface area contributed by atoms with E-state index in [0.717, 1.165) is 9.13 Å².